The predicted octanol–water partition coefficient (Wildman–Crippen LogP) is 2.87. The summed E-state index contributed by atoms with van der Waals surface area (Å²) in [5, 5.41) is 0. The highest BCUT2D eigenvalue weighted by molar-refractivity contribution is 9.10. The predicted molar refractivity (Wildman–Crippen MR) is 72.1 cm³/mol. The molecule has 19 heavy (non-hydrogen) atoms. The lowest BCUT2D eigenvalue weighted by molar-refractivity contribution is 0.531. The fourth-order valence-corrected chi connectivity index (χ4v) is 2.26. The Morgan fingerprint density at radius 2 is 1.95 bits per heavy atom. The molecule has 0 bridgehead atoms. The quantitative estimate of drug-likeness (QED) is 0.670. The number of hydrogen-bond acceptors (Lipinski definition) is 3. The van der Waals surface area contributed by atoms with E-state index in [0.29, 0.717) is 16.6 Å². The molecule has 1 unspecified atom stereocenters. The largest absolute Gasteiger partial charge is 0.271 e. The Kier molecular flexibility index (Phi) is 4.57. The van der Waals surface area contributed by atoms with Gasteiger partial charge in [-0.05, 0) is 36.2 Å². The second-order valence-electron chi connectivity index (χ2n) is 4.06. The average molecular weight is 328 g/mol. The van der Waals surface area contributed by atoms with E-state index in [-0.39, 0.29) is 11.9 Å². The first kappa shape index (κ1) is 14.0. The van der Waals surface area contributed by atoms with Crippen molar-refractivity contribution in [2.45, 2.75) is 12.5 Å². The molecule has 2 rings (SSSR count). The number of nitrogens with zero attached hydrogens (tertiary/aromatic N) is 1. The first-order chi connectivity index (χ1) is 9.10. The van der Waals surface area contributed by atoms with Crippen molar-refractivity contribution in [1.82, 2.24) is 10.4 Å². The van der Waals surface area contributed by atoms with Gasteiger partial charge < -0.3 is 0 Å². The summed E-state index contributed by atoms with van der Waals surface area (Å²) in [7, 11) is 0. The number of pyridine rings is 1. The molecule has 0 aliphatic heterocycles. The van der Waals surface area contributed by atoms with Crippen molar-refractivity contribution >= 4 is 15.9 Å². The van der Waals surface area contributed by atoms with Gasteiger partial charge in [-0.2, -0.15) is 0 Å². The molecule has 3 N–H and O–H groups in total. The van der Waals surface area contributed by atoms with Crippen LogP contribution in [0.2, 0.25) is 0 Å². The maximum atomic E-state index is 13.0. The topological polar surface area (TPSA) is 50.9 Å². The summed E-state index contributed by atoms with van der Waals surface area (Å²) in [5.74, 6) is 4.78. The molecule has 100 valence electrons. The smallest absolute Gasteiger partial charge is 0.141 e. The van der Waals surface area contributed by atoms with Gasteiger partial charge in [-0.3, -0.25) is 16.3 Å². The number of hydrazine groups is 1. The molecule has 1 atom stereocenters. The highest BCUT2D eigenvalue weighted by atomic mass is 79.9. The van der Waals surface area contributed by atoms with Crippen LogP contribution in [0.15, 0.2) is 41.0 Å². The van der Waals surface area contributed by atoms with E-state index < -0.39 is 5.82 Å². The SMILES string of the molecule is NNC(Cc1ccc(F)cc1Br)c1ccc(F)cn1. The summed E-state index contributed by atoms with van der Waals surface area (Å²) in [5.41, 5.74) is 4.14. The van der Waals surface area contributed by atoms with Gasteiger partial charge in [-0.25, -0.2) is 8.78 Å². The fraction of sp³-hybridized carbons (Fsp3) is 0.154. The molecule has 0 saturated carbocycles. The molecule has 2 aromatic rings. The molecule has 0 amide bonds. The Morgan fingerprint density at radius 1 is 1.21 bits per heavy atom. The van der Waals surface area contributed by atoms with E-state index in [9.17, 15) is 8.78 Å². The van der Waals surface area contributed by atoms with Crippen LogP contribution < -0.4 is 11.3 Å². The van der Waals surface area contributed by atoms with E-state index >= 15 is 0 Å². The molecular weight excluding hydrogens is 316 g/mol. The van der Waals surface area contributed by atoms with Crippen LogP contribution in [0.5, 0.6) is 0 Å². The number of halogens is 3. The Bertz CT molecular complexity index is 560. The van der Waals surface area contributed by atoms with Crippen LogP contribution in [-0.2, 0) is 6.42 Å². The summed E-state index contributed by atoms with van der Waals surface area (Å²) in [6.07, 6.45) is 1.65. The standard InChI is InChI=1S/C13H12BrF2N3/c14-11-6-9(15)2-1-8(11)5-13(19-17)12-4-3-10(16)7-18-12/h1-4,6-7,13,19H,5,17H2. The van der Waals surface area contributed by atoms with Crippen LogP contribution in [0.3, 0.4) is 0 Å². The highest BCUT2D eigenvalue weighted by Gasteiger charge is 2.14. The van der Waals surface area contributed by atoms with Crippen LogP contribution in [-0.4, -0.2) is 4.98 Å². The third kappa shape index (κ3) is 3.56. The van der Waals surface area contributed by atoms with Gasteiger partial charge in [-0.1, -0.05) is 22.0 Å². The number of nitrogens with one attached hydrogen (secondary N) is 1. The van der Waals surface area contributed by atoms with Gasteiger partial charge in [0.25, 0.3) is 0 Å². The Hall–Kier alpha value is -1.37. The minimum absolute atomic E-state index is 0.276. The molecule has 0 aliphatic rings. The summed E-state index contributed by atoms with van der Waals surface area (Å²) in [6.45, 7) is 0. The minimum atomic E-state index is -0.400. The Morgan fingerprint density at radius 3 is 2.53 bits per heavy atom. The number of nitrogens with two attached hydrogens (primary N) is 1. The third-order valence-electron chi connectivity index (χ3n) is 2.75. The summed E-state index contributed by atoms with van der Waals surface area (Å²) < 4.78 is 26.5. The van der Waals surface area contributed by atoms with Crippen molar-refractivity contribution in [3.8, 4) is 0 Å². The molecule has 0 spiro atoms. The zero-order valence-electron chi connectivity index (χ0n) is 9.91. The first-order valence-corrected chi connectivity index (χ1v) is 6.41. The fourth-order valence-electron chi connectivity index (χ4n) is 1.75. The maximum Gasteiger partial charge on any atom is 0.141 e. The van der Waals surface area contributed by atoms with Gasteiger partial charge >= 0.3 is 0 Å². The average Bonchev–Trinajstić information content (AvgIpc) is 2.39. The van der Waals surface area contributed by atoms with E-state index in [2.05, 4.69) is 26.3 Å². The van der Waals surface area contributed by atoms with Crippen molar-refractivity contribution in [3.05, 3.63) is 63.9 Å². The molecule has 1 heterocycles. The summed E-state index contributed by atoms with van der Waals surface area (Å²) >= 11 is 3.30. The molecule has 0 aliphatic carbocycles. The lowest BCUT2D eigenvalue weighted by atomic mass is 10.0. The van der Waals surface area contributed by atoms with Crippen molar-refractivity contribution < 1.29 is 8.78 Å². The minimum Gasteiger partial charge on any atom is -0.271 e. The lowest BCUT2D eigenvalue weighted by Gasteiger charge is -2.16. The monoisotopic (exact) mass is 327 g/mol. The van der Waals surface area contributed by atoms with Crippen LogP contribution in [0.1, 0.15) is 17.3 Å². The zero-order chi connectivity index (χ0) is 13.8. The first-order valence-electron chi connectivity index (χ1n) is 5.61. The number of benzene rings is 1. The van der Waals surface area contributed by atoms with E-state index in [1.54, 1.807) is 12.1 Å². The van der Waals surface area contributed by atoms with Gasteiger partial charge in [-0.15, -0.1) is 0 Å². The van der Waals surface area contributed by atoms with Gasteiger partial charge in [0.05, 0.1) is 17.9 Å². The van der Waals surface area contributed by atoms with E-state index in [4.69, 9.17) is 5.84 Å². The maximum absolute atomic E-state index is 13.0. The van der Waals surface area contributed by atoms with Gasteiger partial charge in [0, 0.05) is 4.47 Å². The molecule has 6 heteroatoms. The van der Waals surface area contributed by atoms with Crippen LogP contribution in [0.4, 0.5) is 8.78 Å². The van der Waals surface area contributed by atoms with Crippen LogP contribution >= 0.6 is 15.9 Å². The van der Waals surface area contributed by atoms with Crippen LogP contribution in [0.25, 0.3) is 0 Å². The molecular formula is C13H12BrF2N3. The van der Waals surface area contributed by atoms with Crippen LogP contribution in [0, 0.1) is 11.6 Å². The van der Waals surface area contributed by atoms with Gasteiger partial charge in [0.1, 0.15) is 11.6 Å². The van der Waals surface area contributed by atoms with E-state index in [1.807, 2.05) is 0 Å². The van der Waals surface area contributed by atoms with Gasteiger partial charge in [0.2, 0.25) is 0 Å². The van der Waals surface area contributed by atoms with Gasteiger partial charge in [0.15, 0.2) is 0 Å². The summed E-state index contributed by atoms with van der Waals surface area (Å²) in [4.78, 5) is 3.99. The van der Waals surface area contributed by atoms with E-state index in [1.165, 1.54) is 18.2 Å². The van der Waals surface area contributed by atoms with Crippen molar-refractivity contribution in [3.63, 3.8) is 0 Å². The van der Waals surface area contributed by atoms with Crippen molar-refractivity contribution in [2.24, 2.45) is 5.84 Å². The second-order valence-corrected chi connectivity index (χ2v) is 4.91. The number of rotatable bonds is 4. The molecule has 0 saturated heterocycles. The van der Waals surface area contributed by atoms with Crippen molar-refractivity contribution in [1.29, 1.82) is 0 Å². The molecule has 1 aromatic carbocycles. The van der Waals surface area contributed by atoms with E-state index in [0.717, 1.165) is 11.8 Å². The Balaban J connectivity index is 2.21. The second kappa shape index (κ2) is 6.18. The number of hydrogen-bond donors (Lipinski definition) is 2. The zero-order valence-corrected chi connectivity index (χ0v) is 11.5. The lowest BCUT2D eigenvalue weighted by Crippen LogP contribution is -2.30. The molecule has 1 aromatic heterocycles. The van der Waals surface area contributed by atoms with Crippen molar-refractivity contribution in [2.75, 3.05) is 0 Å². The third-order valence-corrected chi connectivity index (χ3v) is 3.49. The molecule has 0 radical (unpaired) electrons. The number of aromatic nitrogens is 1. The molecule has 3 nitrogen and oxygen atoms in total. The highest BCUT2D eigenvalue weighted by Crippen LogP contribution is 2.23. The summed E-state index contributed by atoms with van der Waals surface area (Å²) in [6, 6.07) is 7.06. The normalized spacial score (nSPS) is 12.4. The molecule has 0 fully saturated rings. The Labute approximate surface area is 117 Å².